The van der Waals surface area contributed by atoms with Crippen LogP contribution in [0.1, 0.15) is 39.0 Å². The van der Waals surface area contributed by atoms with Gasteiger partial charge in [0.1, 0.15) is 5.92 Å². The fraction of sp³-hybridized carbons (Fsp3) is 0.409. The third kappa shape index (κ3) is 5.01. The molecule has 1 unspecified atom stereocenters. The molecule has 1 aromatic carbocycles. The van der Waals surface area contributed by atoms with Crippen molar-refractivity contribution in [3.63, 3.8) is 0 Å². The quantitative estimate of drug-likeness (QED) is 0.306. The van der Waals surface area contributed by atoms with E-state index in [-0.39, 0.29) is 22.8 Å². The summed E-state index contributed by atoms with van der Waals surface area (Å²) in [6, 6.07) is 9.08. The van der Waals surface area contributed by atoms with Crippen molar-refractivity contribution in [2.24, 2.45) is 5.92 Å². The van der Waals surface area contributed by atoms with Gasteiger partial charge in [0.25, 0.3) is 5.56 Å². The van der Waals surface area contributed by atoms with Crippen LogP contribution in [-0.2, 0) is 11.3 Å². The molecular formula is C22H24N4O2S. The minimum absolute atomic E-state index is 0.00191. The first kappa shape index (κ1) is 21.0. The van der Waals surface area contributed by atoms with E-state index < -0.39 is 5.92 Å². The SMILES string of the molecule is CC(=N)C(C#N)C(=O)CSc1nc2ccccc2c(=O)n1CCC1=CCCCC1. The van der Waals surface area contributed by atoms with Crippen LogP contribution in [0.4, 0.5) is 0 Å². The van der Waals surface area contributed by atoms with E-state index in [1.165, 1.54) is 37.1 Å². The smallest absolute Gasteiger partial charge is 0.262 e. The molecule has 0 saturated carbocycles. The summed E-state index contributed by atoms with van der Waals surface area (Å²) in [4.78, 5) is 30.0. The number of benzene rings is 1. The van der Waals surface area contributed by atoms with E-state index >= 15 is 0 Å². The highest BCUT2D eigenvalue weighted by Crippen LogP contribution is 2.23. The Hall–Kier alpha value is -2.72. The van der Waals surface area contributed by atoms with Gasteiger partial charge in [0.2, 0.25) is 0 Å². The number of thioether (sulfide) groups is 1. The molecule has 0 saturated heterocycles. The van der Waals surface area contributed by atoms with Gasteiger partial charge in [-0.1, -0.05) is 35.5 Å². The monoisotopic (exact) mass is 408 g/mol. The normalized spacial score (nSPS) is 14.8. The van der Waals surface area contributed by atoms with E-state index in [0.717, 1.165) is 19.3 Å². The minimum Gasteiger partial charge on any atom is -0.308 e. The standard InChI is InChI=1S/C22H24N4O2S/c1-15(24)18(13-23)20(27)14-29-22-25-19-10-6-5-9-17(19)21(28)26(22)12-11-16-7-3-2-4-8-16/h5-7,9-10,18,24H,2-4,8,11-12,14H2,1H3. The Kier molecular flexibility index (Phi) is 6.99. The highest BCUT2D eigenvalue weighted by Gasteiger charge is 2.21. The van der Waals surface area contributed by atoms with E-state index in [1.54, 1.807) is 16.7 Å². The molecule has 6 nitrogen and oxygen atoms in total. The zero-order valence-electron chi connectivity index (χ0n) is 16.5. The summed E-state index contributed by atoms with van der Waals surface area (Å²) in [6.45, 7) is 1.98. The van der Waals surface area contributed by atoms with Crippen molar-refractivity contribution in [3.8, 4) is 6.07 Å². The lowest BCUT2D eigenvalue weighted by molar-refractivity contribution is -0.117. The van der Waals surface area contributed by atoms with Crippen molar-refractivity contribution < 1.29 is 4.79 Å². The van der Waals surface area contributed by atoms with Crippen molar-refractivity contribution in [2.75, 3.05) is 5.75 Å². The third-order valence-electron chi connectivity index (χ3n) is 5.10. The molecule has 150 valence electrons. The van der Waals surface area contributed by atoms with E-state index in [1.807, 2.05) is 18.2 Å². The number of Topliss-reactive ketones (excluding diaryl/α,β-unsaturated/α-hetero) is 1. The number of rotatable bonds is 8. The minimum atomic E-state index is -1.05. The van der Waals surface area contributed by atoms with Gasteiger partial charge in [0, 0.05) is 12.3 Å². The number of carbonyl (C=O) groups is 1. The predicted molar refractivity (Wildman–Crippen MR) is 115 cm³/mol. The van der Waals surface area contributed by atoms with Gasteiger partial charge in [0.15, 0.2) is 10.9 Å². The average Bonchev–Trinajstić information content (AvgIpc) is 2.72. The first-order valence-corrected chi connectivity index (χ1v) is 10.8. The lowest BCUT2D eigenvalue weighted by Gasteiger charge is -2.16. The van der Waals surface area contributed by atoms with Crippen molar-refractivity contribution in [3.05, 3.63) is 46.3 Å². The zero-order chi connectivity index (χ0) is 20.8. The number of fused-ring (bicyclic) bond motifs is 1. The molecule has 3 rings (SSSR count). The molecule has 1 heterocycles. The number of hydrogen-bond acceptors (Lipinski definition) is 6. The van der Waals surface area contributed by atoms with Crippen LogP contribution in [0.3, 0.4) is 0 Å². The predicted octanol–water partition coefficient (Wildman–Crippen LogP) is 4.13. The lowest BCUT2D eigenvalue weighted by atomic mass is 9.97. The van der Waals surface area contributed by atoms with Crippen LogP contribution < -0.4 is 5.56 Å². The summed E-state index contributed by atoms with van der Waals surface area (Å²) in [5.74, 6) is -1.38. The van der Waals surface area contributed by atoms with Gasteiger partial charge in [-0.2, -0.15) is 5.26 Å². The Morgan fingerprint density at radius 2 is 2.17 bits per heavy atom. The fourth-order valence-corrected chi connectivity index (χ4v) is 4.40. The number of hydrogen-bond donors (Lipinski definition) is 1. The van der Waals surface area contributed by atoms with Crippen molar-refractivity contribution >= 4 is 34.2 Å². The van der Waals surface area contributed by atoms with Gasteiger partial charge >= 0.3 is 0 Å². The van der Waals surface area contributed by atoms with E-state index in [2.05, 4.69) is 11.1 Å². The Morgan fingerprint density at radius 1 is 1.38 bits per heavy atom. The van der Waals surface area contributed by atoms with Gasteiger partial charge in [-0.15, -0.1) is 0 Å². The number of para-hydroxylation sites is 1. The molecule has 1 aliphatic rings. The Balaban J connectivity index is 1.88. The maximum absolute atomic E-state index is 13.1. The number of ketones is 1. The number of carbonyl (C=O) groups excluding carboxylic acids is 1. The highest BCUT2D eigenvalue weighted by molar-refractivity contribution is 7.99. The third-order valence-corrected chi connectivity index (χ3v) is 6.09. The van der Waals surface area contributed by atoms with Crippen LogP contribution in [0.15, 0.2) is 45.9 Å². The van der Waals surface area contributed by atoms with Gasteiger partial charge in [-0.3, -0.25) is 14.2 Å². The summed E-state index contributed by atoms with van der Waals surface area (Å²) in [6.07, 6.45) is 7.63. The van der Waals surface area contributed by atoms with Gasteiger partial charge in [0.05, 0.1) is 22.7 Å². The average molecular weight is 409 g/mol. The number of nitrogens with zero attached hydrogens (tertiary/aromatic N) is 3. The molecule has 1 N–H and O–H groups in total. The molecule has 29 heavy (non-hydrogen) atoms. The van der Waals surface area contributed by atoms with Crippen LogP contribution in [-0.4, -0.2) is 26.8 Å². The molecule has 0 radical (unpaired) electrons. The molecule has 0 fully saturated rings. The van der Waals surface area contributed by atoms with E-state index in [4.69, 9.17) is 10.7 Å². The van der Waals surface area contributed by atoms with Crippen molar-refractivity contribution in [1.82, 2.24) is 9.55 Å². The second-order valence-electron chi connectivity index (χ2n) is 7.23. The van der Waals surface area contributed by atoms with Crippen LogP contribution in [0.25, 0.3) is 10.9 Å². The Morgan fingerprint density at radius 3 is 2.86 bits per heavy atom. The van der Waals surface area contributed by atoms with Crippen molar-refractivity contribution in [2.45, 2.75) is 50.7 Å². The molecule has 1 aliphatic carbocycles. The van der Waals surface area contributed by atoms with Crippen LogP contribution >= 0.6 is 11.8 Å². The van der Waals surface area contributed by atoms with Crippen LogP contribution in [0.5, 0.6) is 0 Å². The Labute approximate surface area is 174 Å². The molecule has 1 aromatic heterocycles. The van der Waals surface area contributed by atoms with Gasteiger partial charge in [-0.05, 0) is 51.2 Å². The number of aromatic nitrogens is 2. The zero-order valence-corrected chi connectivity index (χ0v) is 17.3. The second kappa shape index (κ2) is 9.66. The van der Waals surface area contributed by atoms with E-state index in [9.17, 15) is 9.59 Å². The Bertz CT molecular complexity index is 1060. The highest BCUT2D eigenvalue weighted by atomic mass is 32.2. The first-order chi connectivity index (χ1) is 14.0. The van der Waals surface area contributed by atoms with E-state index in [0.29, 0.717) is 22.6 Å². The lowest BCUT2D eigenvalue weighted by Crippen LogP contribution is -2.25. The first-order valence-electron chi connectivity index (χ1n) is 9.79. The molecule has 0 bridgehead atoms. The summed E-state index contributed by atoms with van der Waals surface area (Å²) in [5, 5.41) is 17.8. The summed E-state index contributed by atoms with van der Waals surface area (Å²) < 4.78 is 1.65. The largest absolute Gasteiger partial charge is 0.308 e. The summed E-state index contributed by atoms with van der Waals surface area (Å²) in [5.41, 5.74) is 1.89. The molecule has 7 heteroatoms. The number of nitrogens with one attached hydrogen (secondary N) is 1. The summed E-state index contributed by atoms with van der Waals surface area (Å²) in [7, 11) is 0. The molecule has 1 atom stereocenters. The molecular weight excluding hydrogens is 384 g/mol. The van der Waals surface area contributed by atoms with Crippen molar-refractivity contribution in [1.29, 1.82) is 10.7 Å². The topological polar surface area (TPSA) is 99.6 Å². The fourth-order valence-electron chi connectivity index (χ4n) is 3.47. The second-order valence-corrected chi connectivity index (χ2v) is 8.17. The van der Waals surface area contributed by atoms with Crippen LogP contribution in [0.2, 0.25) is 0 Å². The number of nitriles is 1. The van der Waals surface area contributed by atoms with Gasteiger partial charge < -0.3 is 5.41 Å². The molecule has 0 aliphatic heterocycles. The maximum Gasteiger partial charge on any atom is 0.262 e. The summed E-state index contributed by atoms with van der Waals surface area (Å²) >= 11 is 1.17. The number of allylic oxidation sites excluding steroid dienone is 2. The molecule has 2 aromatic rings. The van der Waals surface area contributed by atoms with Crippen LogP contribution in [0, 0.1) is 22.7 Å². The molecule has 0 amide bonds. The van der Waals surface area contributed by atoms with Gasteiger partial charge in [-0.25, -0.2) is 4.98 Å². The molecule has 0 spiro atoms. The maximum atomic E-state index is 13.1.